The maximum atomic E-state index is 12.3. The van der Waals surface area contributed by atoms with Gasteiger partial charge in [0, 0.05) is 37.9 Å². The zero-order chi connectivity index (χ0) is 15.2. The Labute approximate surface area is 130 Å². The summed E-state index contributed by atoms with van der Waals surface area (Å²) < 4.78 is 0. The number of amides is 1. The Hall–Kier alpha value is -2.43. The van der Waals surface area contributed by atoms with Crippen LogP contribution in [0.25, 0.3) is 0 Å². The Balaban J connectivity index is 1.48. The highest BCUT2D eigenvalue weighted by atomic mass is 16.1. The number of carbonyl (C=O) groups is 1. The molecule has 5 nitrogen and oxygen atoms in total. The third-order valence-corrected chi connectivity index (χ3v) is 4.01. The highest BCUT2D eigenvalue weighted by Gasteiger charge is 2.25. The van der Waals surface area contributed by atoms with Crippen LogP contribution in [0.2, 0.25) is 0 Å². The van der Waals surface area contributed by atoms with Gasteiger partial charge >= 0.3 is 0 Å². The van der Waals surface area contributed by atoms with E-state index >= 15 is 0 Å². The van der Waals surface area contributed by atoms with Crippen molar-refractivity contribution in [1.82, 2.24) is 15.3 Å². The van der Waals surface area contributed by atoms with Gasteiger partial charge in [0.15, 0.2) is 0 Å². The van der Waals surface area contributed by atoms with Gasteiger partial charge in [-0.1, -0.05) is 30.3 Å². The van der Waals surface area contributed by atoms with Crippen molar-refractivity contribution in [2.45, 2.75) is 19.4 Å². The molecule has 0 bridgehead atoms. The van der Waals surface area contributed by atoms with Crippen molar-refractivity contribution >= 4 is 11.9 Å². The number of hydrogen-bond acceptors (Lipinski definition) is 4. The molecule has 22 heavy (non-hydrogen) atoms. The van der Waals surface area contributed by atoms with Gasteiger partial charge in [0.25, 0.3) is 0 Å². The Bertz CT molecular complexity index is 595. The number of anilines is 1. The van der Waals surface area contributed by atoms with Crippen LogP contribution in [0.3, 0.4) is 0 Å². The van der Waals surface area contributed by atoms with Crippen LogP contribution in [0.4, 0.5) is 5.95 Å². The Kier molecular flexibility index (Phi) is 4.63. The number of nitrogens with zero attached hydrogens (tertiary/aromatic N) is 3. The normalized spacial score (nSPS) is 15.5. The molecule has 5 heteroatoms. The largest absolute Gasteiger partial charge is 0.352 e. The molecule has 3 rings (SSSR count). The lowest BCUT2D eigenvalue weighted by atomic mass is 9.96. The van der Waals surface area contributed by atoms with E-state index in [4.69, 9.17) is 0 Å². The number of benzene rings is 1. The van der Waals surface area contributed by atoms with Crippen LogP contribution < -0.4 is 10.2 Å². The Morgan fingerprint density at radius 2 is 1.77 bits per heavy atom. The average molecular weight is 296 g/mol. The lowest BCUT2D eigenvalue weighted by Gasteiger charge is -2.31. The number of carbonyl (C=O) groups excluding carboxylic acids is 1. The number of rotatable bonds is 4. The first-order valence-electron chi connectivity index (χ1n) is 7.66. The molecule has 2 aromatic rings. The van der Waals surface area contributed by atoms with E-state index in [1.807, 2.05) is 36.4 Å². The van der Waals surface area contributed by atoms with Crippen LogP contribution in [-0.2, 0) is 11.3 Å². The second-order valence-electron chi connectivity index (χ2n) is 5.51. The molecule has 1 saturated heterocycles. The van der Waals surface area contributed by atoms with Crippen molar-refractivity contribution < 1.29 is 4.79 Å². The van der Waals surface area contributed by atoms with Gasteiger partial charge in [0.1, 0.15) is 0 Å². The minimum atomic E-state index is 0.0867. The lowest BCUT2D eigenvalue weighted by Crippen LogP contribution is -2.41. The molecule has 1 fully saturated rings. The minimum Gasteiger partial charge on any atom is -0.352 e. The van der Waals surface area contributed by atoms with E-state index in [-0.39, 0.29) is 11.8 Å². The predicted octanol–water partition coefficient (Wildman–Crippen LogP) is 2.01. The number of aromatic nitrogens is 2. The van der Waals surface area contributed by atoms with Crippen molar-refractivity contribution in [1.29, 1.82) is 0 Å². The van der Waals surface area contributed by atoms with Gasteiger partial charge in [-0.15, -0.1) is 0 Å². The molecule has 1 amide bonds. The van der Waals surface area contributed by atoms with Crippen molar-refractivity contribution in [2.75, 3.05) is 18.0 Å². The summed E-state index contributed by atoms with van der Waals surface area (Å²) in [4.78, 5) is 22.9. The standard InChI is InChI=1S/C17H20N4O/c22-16(20-13-14-5-2-1-3-6-14)15-7-11-21(12-8-15)17-18-9-4-10-19-17/h1-6,9-10,15H,7-8,11-13H2,(H,20,22). The minimum absolute atomic E-state index is 0.0867. The molecule has 0 aliphatic carbocycles. The van der Waals surface area contributed by atoms with Gasteiger partial charge in [-0.2, -0.15) is 0 Å². The summed E-state index contributed by atoms with van der Waals surface area (Å²) in [6.07, 6.45) is 5.19. The van der Waals surface area contributed by atoms with Gasteiger partial charge < -0.3 is 10.2 Å². The molecule has 2 heterocycles. The molecule has 1 aliphatic heterocycles. The molecule has 0 radical (unpaired) electrons. The van der Waals surface area contributed by atoms with Gasteiger partial charge in [-0.25, -0.2) is 9.97 Å². The number of hydrogen-bond donors (Lipinski definition) is 1. The Morgan fingerprint density at radius 1 is 1.09 bits per heavy atom. The monoisotopic (exact) mass is 296 g/mol. The number of piperidine rings is 1. The van der Waals surface area contributed by atoms with Crippen LogP contribution in [0, 0.1) is 5.92 Å². The fraction of sp³-hybridized carbons (Fsp3) is 0.353. The summed E-state index contributed by atoms with van der Waals surface area (Å²) in [5, 5.41) is 3.03. The van der Waals surface area contributed by atoms with E-state index in [1.54, 1.807) is 12.4 Å². The fourth-order valence-corrected chi connectivity index (χ4v) is 2.73. The summed E-state index contributed by atoms with van der Waals surface area (Å²) in [7, 11) is 0. The quantitative estimate of drug-likeness (QED) is 0.937. The third kappa shape index (κ3) is 3.61. The second kappa shape index (κ2) is 7.02. The van der Waals surface area contributed by atoms with Crippen LogP contribution >= 0.6 is 0 Å². The van der Waals surface area contributed by atoms with Crippen molar-refractivity contribution in [3.8, 4) is 0 Å². The first-order chi connectivity index (χ1) is 10.8. The van der Waals surface area contributed by atoms with Gasteiger partial charge in [0.05, 0.1) is 0 Å². The lowest BCUT2D eigenvalue weighted by molar-refractivity contribution is -0.125. The second-order valence-corrected chi connectivity index (χ2v) is 5.51. The fourth-order valence-electron chi connectivity index (χ4n) is 2.73. The van der Waals surface area contributed by atoms with Crippen molar-refractivity contribution in [2.24, 2.45) is 5.92 Å². The summed E-state index contributed by atoms with van der Waals surface area (Å²) in [5.41, 5.74) is 1.13. The molecular formula is C17H20N4O. The zero-order valence-corrected chi connectivity index (χ0v) is 12.5. The van der Waals surface area contributed by atoms with Crippen molar-refractivity contribution in [3.63, 3.8) is 0 Å². The molecule has 0 spiro atoms. The summed E-state index contributed by atoms with van der Waals surface area (Å²) in [5.74, 6) is 0.992. The van der Waals surface area contributed by atoms with Crippen LogP contribution in [0.1, 0.15) is 18.4 Å². The highest BCUT2D eigenvalue weighted by Crippen LogP contribution is 2.20. The van der Waals surface area contributed by atoms with Crippen LogP contribution in [0.5, 0.6) is 0 Å². The maximum Gasteiger partial charge on any atom is 0.225 e. The molecule has 1 N–H and O–H groups in total. The van der Waals surface area contributed by atoms with E-state index < -0.39 is 0 Å². The summed E-state index contributed by atoms with van der Waals surface area (Å²) in [6.45, 7) is 2.25. The van der Waals surface area contributed by atoms with Gasteiger partial charge in [-0.3, -0.25) is 4.79 Å². The van der Waals surface area contributed by atoms with Gasteiger partial charge in [-0.05, 0) is 24.5 Å². The molecule has 1 aliphatic rings. The van der Waals surface area contributed by atoms with E-state index in [1.165, 1.54) is 0 Å². The molecule has 1 aromatic carbocycles. The Morgan fingerprint density at radius 3 is 2.45 bits per heavy atom. The first kappa shape index (κ1) is 14.5. The van der Waals surface area contributed by atoms with Crippen molar-refractivity contribution in [3.05, 3.63) is 54.4 Å². The van der Waals surface area contributed by atoms with E-state index in [9.17, 15) is 4.79 Å². The molecule has 1 aromatic heterocycles. The molecular weight excluding hydrogens is 276 g/mol. The maximum absolute atomic E-state index is 12.3. The molecule has 0 atom stereocenters. The first-order valence-corrected chi connectivity index (χ1v) is 7.66. The van der Waals surface area contributed by atoms with E-state index in [0.717, 1.165) is 37.4 Å². The predicted molar refractivity (Wildman–Crippen MR) is 85.3 cm³/mol. The highest BCUT2D eigenvalue weighted by molar-refractivity contribution is 5.78. The molecule has 0 unspecified atom stereocenters. The number of nitrogens with one attached hydrogen (secondary N) is 1. The van der Waals surface area contributed by atoms with Crippen LogP contribution in [0.15, 0.2) is 48.8 Å². The summed E-state index contributed by atoms with van der Waals surface area (Å²) >= 11 is 0. The average Bonchev–Trinajstić information content (AvgIpc) is 2.61. The molecule has 114 valence electrons. The zero-order valence-electron chi connectivity index (χ0n) is 12.5. The SMILES string of the molecule is O=C(NCc1ccccc1)C1CCN(c2ncccn2)CC1. The topological polar surface area (TPSA) is 58.1 Å². The van der Waals surface area contributed by atoms with E-state index in [0.29, 0.717) is 6.54 Å². The smallest absolute Gasteiger partial charge is 0.225 e. The van der Waals surface area contributed by atoms with Gasteiger partial charge in [0.2, 0.25) is 11.9 Å². The van der Waals surface area contributed by atoms with E-state index in [2.05, 4.69) is 20.2 Å². The summed E-state index contributed by atoms with van der Waals surface area (Å²) in [6, 6.07) is 11.8. The molecule has 0 saturated carbocycles. The van der Waals surface area contributed by atoms with Crippen LogP contribution in [-0.4, -0.2) is 29.0 Å². The third-order valence-electron chi connectivity index (χ3n) is 4.01.